The average Bonchev–Trinajstić information content (AvgIpc) is 3.65. The Morgan fingerprint density at radius 1 is 1.15 bits per heavy atom. The van der Waals surface area contributed by atoms with Crippen LogP contribution in [0, 0.1) is 0 Å². The largest absolute Gasteiger partial charge is 0.392 e. The Kier molecular flexibility index (Phi) is 7.73. The van der Waals surface area contributed by atoms with Gasteiger partial charge in [0.15, 0.2) is 0 Å². The SMILES string of the molecule is CCCS(=O)CCc1cc2c(NCc3ccccc3)c(C(=O)NC3CC3)cnc2cc1CO. The van der Waals surface area contributed by atoms with Crippen molar-refractivity contribution >= 4 is 33.3 Å². The highest BCUT2D eigenvalue weighted by Gasteiger charge is 2.26. The number of pyridine rings is 1. The lowest BCUT2D eigenvalue weighted by Gasteiger charge is -2.17. The van der Waals surface area contributed by atoms with Crippen LogP contribution in [-0.2, 0) is 30.4 Å². The number of aryl methyl sites for hydroxylation is 1. The highest BCUT2D eigenvalue weighted by Crippen LogP contribution is 2.31. The summed E-state index contributed by atoms with van der Waals surface area (Å²) in [5.74, 6) is 1.10. The second-order valence-corrected chi connectivity index (χ2v) is 10.2. The molecule has 1 amide bonds. The number of aromatic nitrogens is 1. The van der Waals surface area contributed by atoms with Gasteiger partial charge in [-0.05, 0) is 54.5 Å². The van der Waals surface area contributed by atoms with E-state index < -0.39 is 10.8 Å². The van der Waals surface area contributed by atoms with Crippen molar-refractivity contribution in [3.63, 3.8) is 0 Å². The predicted octanol–water partition coefficient (Wildman–Crippen LogP) is 3.93. The number of hydrogen-bond acceptors (Lipinski definition) is 5. The first-order valence-electron chi connectivity index (χ1n) is 11.6. The molecule has 1 saturated carbocycles. The molecule has 7 heteroatoms. The summed E-state index contributed by atoms with van der Waals surface area (Å²) in [7, 11) is -0.887. The smallest absolute Gasteiger partial charge is 0.255 e. The molecule has 6 nitrogen and oxygen atoms in total. The monoisotopic (exact) mass is 465 g/mol. The number of amides is 1. The van der Waals surface area contributed by atoms with Crippen molar-refractivity contribution in [1.82, 2.24) is 10.3 Å². The third-order valence-corrected chi connectivity index (χ3v) is 7.38. The number of carbonyl (C=O) groups is 1. The molecule has 1 fully saturated rings. The van der Waals surface area contributed by atoms with Gasteiger partial charge in [-0.15, -0.1) is 0 Å². The minimum Gasteiger partial charge on any atom is -0.392 e. The number of carbonyl (C=O) groups excluding carboxylic acids is 1. The van der Waals surface area contributed by atoms with E-state index in [-0.39, 0.29) is 18.6 Å². The molecule has 0 radical (unpaired) electrons. The van der Waals surface area contributed by atoms with Crippen LogP contribution < -0.4 is 10.6 Å². The van der Waals surface area contributed by atoms with Crippen molar-refractivity contribution < 1.29 is 14.1 Å². The predicted molar refractivity (Wildman–Crippen MR) is 134 cm³/mol. The summed E-state index contributed by atoms with van der Waals surface area (Å²) in [6, 6.07) is 14.2. The van der Waals surface area contributed by atoms with Crippen LogP contribution in [0.4, 0.5) is 5.69 Å². The van der Waals surface area contributed by atoms with Crippen molar-refractivity contribution in [2.75, 3.05) is 16.8 Å². The molecule has 1 aliphatic rings. The summed E-state index contributed by atoms with van der Waals surface area (Å²) >= 11 is 0. The van der Waals surface area contributed by atoms with E-state index in [0.29, 0.717) is 30.0 Å². The molecular formula is C26H31N3O3S. The van der Waals surface area contributed by atoms with Gasteiger partial charge in [-0.25, -0.2) is 0 Å². The van der Waals surface area contributed by atoms with Crippen LogP contribution in [0.25, 0.3) is 10.9 Å². The Hall–Kier alpha value is -2.77. The highest BCUT2D eigenvalue weighted by atomic mass is 32.2. The Morgan fingerprint density at radius 3 is 2.64 bits per heavy atom. The maximum atomic E-state index is 13.0. The van der Waals surface area contributed by atoms with Gasteiger partial charge in [0.2, 0.25) is 0 Å². The fourth-order valence-corrected chi connectivity index (χ4v) is 5.01. The first-order valence-corrected chi connectivity index (χ1v) is 13.1. The second-order valence-electron chi connectivity index (χ2n) is 8.53. The Morgan fingerprint density at radius 2 is 1.94 bits per heavy atom. The number of aliphatic hydroxyl groups excluding tert-OH is 1. The average molecular weight is 466 g/mol. The Balaban J connectivity index is 1.72. The van der Waals surface area contributed by atoms with E-state index in [9.17, 15) is 14.1 Å². The van der Waals surface area contributed by atoms with E-state index in [1.165, 1.54) is 0 Å². The van der Waals surface area contributed by atoms with Gasteiger partial charge >= 0.3 is 0 Å². The molecule has 174 valence electrons. The summed E-state index contributed by atoms with van der Waals surface area (Å²) in [4.78, 5) is 17.5. The summed E-state index contributed by atoms with van der Waals surface area (Å²) in [5, 5.41) is 17.3. The van der Waals surface area contributed by atoms with Gasteiger partial charge in [-0.3, -0.25) is 14.0 Å². The van der Waals surface area contributed by atoms with Crippen LogP contribution in [0.3, 0.4) is 0 Å². The van der Waals surface area contributed by atoms with Gasteiger partial charge < -0.3 is 15.7 Å². The molecule has 3 aromatic rings. The molecule has 1 unspecified atom stereocenters. The van der Waals surface area contributed by atoms with Crippen LogP contribution in [0.15, 0.2) is 48.7 Å². The number of nitrogens with one attached hydrogen (secondary N) is 2. The summed E-state index contributed by atoms with van der Waals surface area (Å²) in [6.45, 7) is 2.49. The Labute approximate surface area is 197 Å². The molecule has 0 saturated heterocycles. The van der Waals surface area contributed by atoms with Gasteiger partial charge in [-0.1, -0.05) is 37.3 Å². The lowest BCUT2D eigenvalue weighted by atomic mass is 9.99. The zero-order valence-corrected chi connectivity index (χ0v) is 19.8. The summed E-state index contributed by atoms with van der Waals surface area (Å²) < 4.78 is 12.2. The van der Waals surface area contributed by atoms with Crippen molar-refractivity contribution in [2.45, 2.75) is 51.8 Å². The number of rotatable bonds is 11. The molecule has 3 N–H and O–H groups in total. The number of aliphatic hydroxyl groups is 1. The van der Waals surface area contributed by atoms with Gasteiger partial charge in [0.05, 0.1) is 23.4 Å². The zero-order chi connectivity index (χ0) is 23.2. The molecule has 1 atom stereocenters. The maximum Gasteiger partial charge on any atom is 0.255 e. The molecule has 0 aliphatic heterocycles. The molecule has 33 heavy (non-hydrogen) atoms. The topological polar surface area (TPSA) is 91.3 Å². The fraction of sp³-hybridized carbons (Fsp3) is 0.385. The van der Waals surface area contributed by atoms with Gasteiger partial charge in [0, 0.05) is 46.5 Å². The van der Waals surface area contributed by atoms with E-state index in [1.807, 2.05) is 49.4 Å². The van der Waals surface area contributed by atoms with Crippen LogP contribution in [-0.4, -0.2) is 37.8 Å². The normalized spacial score (nSPS) is 14.2. The van der Waals surface area contributed by atoms with Crippen LogP contribution >= 0.6 is 0 Å². The minimum atomic E-state index is -0.887. The van der Waals surface area contributed by atoms with E-state index in [2.05, 4.69) is 15.6 Å². The fourth-order valence-electron chi connectivity index (χ4n) is 3.90. The second kappa shape index (κ2) is 10.9. The van der Waals surface area contributed by atoms with E-state index in [1.54, 1.807) is 6.20 Å². The van der Waals surface area contributed by atoms with Crippen LogP contribution in [0.5, 0.6) is 0 Å². The molecule has 1 aliphatic carbocycles. The number of benzene rings is 2. The van der Waals surface area contributed by atoms with Crippen molar-refractivity contribution in [2.24, 2.45) is 0 Å². The number of anilines is 1. The molecule has 0 spiro atoms. The van der Waals surface area contributed by atoms with Crippen molar-refractivity contribution in [3.8, 4) is 0 Å². The quantitative estimate of drug-likeness (QED) is 0.399. The lowest BCUT2D eigenvalue weighted by Crippen LogP contribution is -2.26. The zero-order valence-electron chi connectivity index (χ0n) is 19.0. The number of hydrogen-bond donors (Lipinski definition) is 3. The van der Waals surface area contributed by atoms with Crippen molar-refractivity contribution in [3.05, 3.63) is 70.9 Å². The molecule has 2 aromatic carbocycles. The first-order chi connectivity index (χ1) is 16.1. The van der Waals surface area contributed by atoms with E-state index >= 15 is 0 Å². The lowest BCUT2D eigenvalue weighted by molar-refractivity contribution is 0.0951. The highest BCUT2D eigenvalue weighted by molar-refractivity contribution is 7.84. The maximum absolute atomic E-state index is 13.0. The molecule has 1 aromatic heterocycles. The molecular weight excluding hydrogens is 434 g/mol. The van der Waals surface area contributed by atoms with Gasteiger partial charge in [0.1, 0.15) is 0 Å². The molecule has 1 heterocycles. The van der Waals surface area contributed by atoms with Gasteiger partial charge in [-0.2, -0.15) is 0 Å². The summed E-state index contributed by atoms with van der Waals surface area (Å²) in [6.07, 6.45) is 5.13. The van der Waals surface area contributed by atoms with Crippen LogP contribution in [0.2, 0.25) is 0 Å². The third-order valence-electron chi connectivity index (χ3n) is 5.86. The van der Waals surface area contributed by atoms with Crippen molar-refractivity contribution in [1.29, 1.82) is 0 Å². The minimum absolute atomic E-state index is 0.107. The number of nitrogens with zero attached hydrogens (tertiary/aromatic N) is 1. The standard InChI is InChI=1S/C26H31N3O3S/c1-2-11-33(32)12-10-19-13-22-24(14-20(19)17-30)27-16-23(26(31)29-21-8-9-21)25(22)28-15-18-6-4-3-5-7-18/h3-7,13-14,16,21,30H,2,8-12,15,17H2,1H3,(H,27,28)(H,29,31). The molecule has 0 bridgehead atoms. The summed E-state index contributed by atoms with van der Waals surface area (Å²) in [5.41, 5.74) is 4.81. The third kappa shape index (κ3) is 5.97. The number of fused-ring (bicyclic) bond motifs is 1. The Bertz CT molecular complexity index is 1150. The molecule has 4 rings (SSSR count). The van der Waals surface area contributed by atoms with E-state index in [0.717, 1.165) is 52.5 Å². The van der Waals surface area contributed by atoms with Gasteiger partial charge in [0.25, 0.3) is 5.91 Å². The first kappa shape index (κ1) is 23.4. The van der Waals surface area contributed by atoms with E-state index in [4.69, 9.17) is 0 Å². The van der Waals surface area contributed by atoms with Crippen LogP contribution in [0.1, 0.15) is 53.2 Å².